The van der Waals surface area contributed by atoms with Crippen molar-refractivity contribution in [2.75, 3.05) is 55.2 Å². The van der Waals surface area contributed by atoms with E-state index in [0.29, 0.717) is 53.0 Å². The molecule has 6 N–H and O–H groups in total. The summed E-state index contributed by atoms with van der Waals surface area (Å²) in [7, 11) is 2.99. The van der Waals surface area contributed by atoms with Crippen molar-refractivity contribution in [3.63, 3.8) is 0 Å². The number of nitrogens with one attached hydrogen (secondary N) is 4. The Kier molecular flexibility index (Phi) is 18.0. The molecule has 9 aromatic rings. The van der Waals surface area contributed by atoms with E-state index in [-0.39, 0.29) is 40.1 Å². The number of aryl methyl sites for hydroxylation is 3. The largest absolute Gasteiger partial charge is 0.493 e. The number of aromatic nitrogens is 6. The molecule has 22 heteroatoms. The minimum atomic E-state index is -0.505. The molecule has 3 aromatic carbocycles. The van der Waals surface area contributed by atoms with Crippen molar-refractivity contribution in [2.24, 2.45) is 0 Å². The number of benzene rings is 3. The molecule has 0 atom stereocenters. The minimum Gasteiger partial charge on any atom is -0.493 e. The molecular formula is C71H69ClN10O11. The number of methoxy groups -OCH3 is 2. The van der Waals surface area contributed by atoms with Gasteiger partial charge in [0.15, 0.2) is 5.69 Å². The Labute approximate surface area is 541 Å². The van der Waals surface area contributed by atoms with Crippen LogP contribution in [0.1, 0.15) is 88.6 Å². The van der Waals surface area contributed by atoms with Gasteiger partial charge in [0, 0.05) is 37.9 Å². The SMILES string of the molecule is COc1ncccc1-c1nc(NC(=O)C2(c3ccc4c(c3)CCO4)CC2)ccc1C.COc1ncccc1N(O)O.Cc1ccc(NC(=O)C2(c3ccc4c(c3)CCO4)CC2)nc1-c1ccc[nH]c1=O.Cc1ccc(NC(=O)C2(c3ccc4c(c3)CCO4)CC2)nc1Cl. The lowest BCUT2D eigenvalue weighted by atomic mass is 9.92. The first-order valence-electron chi connectivity index (χ1n) is 30.7. The lowest BCUT2D eigenvalue weighted by Gasteiger charge is -2.17. The Bertz CT molecular complexity index is 4400. The number of halogens is 1. The molecule has 0 radical (unpaired) electrons. The number of pyridine rings is 6. The van der Waals surface area contributed by atoms with Gasteiger partial charge in [-0.25, -0.2) is 24.9 Å². The minimum absolute atomic E-state index is 0.0104. The topological polar surface area (TPSA) is 274 Å². The van der Waals surface area contributed by atoms with Gasteiger partial charge in [0.2, 0.25) is 29.5 Å². The van der Waals surface area contributed by atoms with Gasteiger partial charge < -0.3 is 44.6 Å². The molecule has 9 heterocycles. The highest BCUT2D eigenvalue weighted by atomic mass is 35.5. The number of nitrogens with zero attached hydrogens (tertiary/aromatic N) is 6. The first kappa shape index (κ1) is 63.0. The lowest BCUT2D eigenvalue weighted by molar-refractivity contribution is -0.119. The summed E-state index contributed by atoms with van der Waals surface area (Å²) in [6.07, 6.45) is 12.5. The van der Waals surface area contributed by atoms with Crippen LogP contribution in [0.15, 0.2) is 151 Å². The van der Waals surface area contributed by atoms with Crippen LogP contribution in [0.5, 0.6) is 29.0 Å². The third-order valence-electron chi connectivity index (χ3n) is 17.7. The summed E-state index contributed by atoms with van der Waals surface area (Å²) < 4.78 is 26.8. The molecule has 15 rings (SSSR count). The highest BCUT2D eigenvalue weighted by molar-refractivity contribution is 6.30. The second-order valence-electron chi connectivity index (χ2n) is 23.7. The summed E-state index contributed by atoms with van der Waals surface area (Å²) in [4.78, 5) is 75.5. The van der Waals surface area contributed by atoms with Crippen molar-refractivity contribution in [3.05, 3.63) is 212 Å². The second kappa shape index (κ2) is 26.5. The van der Waals surface area contributed by atoms with E-state index in [4.69, 9.17) is 50.7 Å². The highest BCUT2D eigenvalue weighted by Crippen LogP contribution is 2.52. The molecule has 3 aliphatic heterocycles. The van der Waals surface area contributed by atoms with Crippen molar-refractivity contribution < 1.29 is 48.5 Å². The zero-order chi connectivity index (χ0) is 65.0. The lowest BCUT2D eigenvalue weighted by Crippen LogP contribution is -2.28. The third kappa shape index (κ3) is 13.3. The molecule has 21 nitrogen and oxygen atoms in total. The van der Waals surface area contributed by atoms with Crippen LogP contribution in [0.2, 0.25) is 5.15 Å². The van der Waals surface area contributed by atoms with Gasteiger partial charge >= 0.3 is 0 Å². The van der Waals surface area contributed by atoms with Gasteiger partial charge in [0.25, 0.3) is 5.56 Å². The summed E-state index contributed by atoms with van der Waals surface area (Å²) >= 11 is 6.03. The quantitative estimate of drug-likeness (QED) is 0.0436. The molecule has 0 unspecified atom stereocenters. The van der Waals surface area contributed by atoms with E-state index in [1.54, 1.807) is 49.8 Å². The fourth-order valence-corrected chi connectivity index (χ4v) is 12.0. The summed E-state index contributed by atoms with van der Waals surface area (Å²) in [5.41, 5.74) is 10.6. The van der Waals surface area contributed by atoms with E-state index in [2.05, 4.69) is 59.1 Å². The predicted molar refractivity (Wildman–Crippen MR) is 350 cm³/mol. The molecule has 0 spiro atoms. The standard InChI is InChI=1S/C24H23N3O3.C23H21N3O3.C18H17ClN2O2.C6H8N2O3/c1-15-5-8-20(26-21(15)18-4-3-12-25-22(18)29-2)27-23(28)24(10-11-24)17-6-7-19-16(14-17)9-13-30-19;1-14-4-7-19(25-20(14)17-3-2-11-24-21(17)27)26-22(28)23(9-10-23)16-5-6-18-15(13-16)8-12-29-18;1-11-2-5-15(20-16(11)19)21-17(22)18(7-8-18)13-3-4-14-12(10-13)6-9-23-14;1-11-6-5(8(9)10)3-2-4-7-6/h3-8,12,14H,9-11,13H2,1-2H3,(H,26,27,28);2-7,11,13H,8-10,12H2,1H3,(H,24,27)(H,25,26,28);2-5,10H,6-9H2,1H3,(H,20,21,22);2-4,9-10H,1H3. The van der Waals surface area contributed by atoms with Gasteiger partial charge in [-0.1, -0.05) is 66.2 Å². The number of rotatable bonds is 14. The number of carbonyl (C=O) groups excluding carboxylic acids is 3. The van der Waals surface area contributed by atoms with Gasteiger partial charge in [-0.05, 0) is 182 Å². The number of hydrogen-bond donors (Lipinski definition) is 6. The Balaban J connectivity index is 0.000000125. The molecule has 476 valence electrons. The van der Waals surface area contributed by atoms with Crippen LogP contribution in [0.3, 0.4) is 0 Å². The summed E-state index contributed by atoms with van der Waals surface area (Å²) in [6, 6.07) is 39.7. The third-order valence-corrected chi connectivity index (χ3v) is 18.1. The van der Waals surface area contributed by atoms with E-state index in [9.17, 15) is 19.2 Å². The van der Waals surface area contributed by atoms with Gasteiger partial charge in [-0.15, -0.1) is 5.23 Å². The van der Waals surface area contributed by atoms with Crippen LogP contribution in [0, 0.1) is 20.8 Å². The smallest absolute Gasteiger partial charge is 0.257 e. The first-order valence-corrected chi connectivity index (χ1v) is 31.0. The molecule has 3 aliphatic carbocycles. The van der Waals surface area contributed by atoms with Crippen LogP contribution in [-0.2, 0) is 49.9 Å². The predicted octanol–water partition coefficient (Wildman–Crippen LogP) is 11.7. The van der Waals surface area contributed by atoms with E-state index in [1.807, 2.05) is 93.6 Å². The fourth-order valence-electron chi connectivity index (χ4n) is 11.8. The molecule has 93 heavy (non-hydrogen) atoms. The maximum atomic E-state index is 13.2. The average molecular weight is 1270 g/mol. The fraction of sp³-hybridized carbons (Fsp3) is 0.282. The molecule has 6 aliphatic rings. The molecule has 6 aromatic heterocycles. The molecule has 0 bridgehead atoms. The number of amides is 3. The van der Waals surface area contributed by atoms with Crippen LogP contribution >= 0.6 is 11.6 Å². The Hall–Kier alpha value is -10.2. The van der Waals surface area contributed by atoms with Crippen molar-refractivity contribution in [3.8, 4) is 51.5 Å². The number of H-pyrrole nitrogens is 1. The monoisotopic (exact) mass is 1270 g/mol. The van der Waals surface area contributed by atoms with Crippen molar-refractivity contribution in [2.45, 2.75) is 94.8 Å². The summed E-state index contributed by atoms with van der Waals surface area (Å²) in [5, 5.41) is 26.5. The second-order valence-corrected chi connectivity index (χ2v) is 24.1. The van der Waals surface area contributed by atoms with Crippen LogP contribution in [0.25, 0.3) is 22.5 Å². The maximum absolute atomic E-state index is 13.2. The normalized spacial score (nSPS) is 15.5. The van der Waals surface area contributed by atoms with Gasteiger partial charge in [-0.3, -0.25) is 29.6 Å². The van der Waals surface area contributed by atoms with Crippen molar-refractivity contribution >= 4 is 52.5 Å². The Morgan fingerprint density at radius 2 is 0.935 bits per heavy atom. The maximum Gasteiger partial charge on any atom is 0.257 e. The summed E-state index contributed by atoms with van der Waals surface area (Å²) in [6.45, 7) is 7.91. The van der Waals surface area contributed by atoms with Crippen LogP contribution in [0.4, 0.5) is 23.1 Å². The van der Waals surface area contributed by atoms with Gasteiger partial charge in [-0.2, -0.15) is 0 Å². The highest BCUT2D eigenvalue weighted by Gasteiger charge is 2.54. The first-order chi connectivity index (χ1) is 45.0. The number of hydrogen-bond acceptors (Lipinski definition) is 17. The molecular weight excluding hydrogens is 1200 g/mol. The Morgan fingerprint density at radius 1 is 0.527 bits per heavy atom. The van der Waals surface area contributed by atoms with E-state index in [1.165, 1.54) is 36.1 Å². The number of carbonyl (C=O) groups is 3. The number of anilines is 4. The molecule has 3 fully saturated rings. The average Bonchev–Trinajstić information content (AvgIpc) is 1.61. The Morgan fingerprint density at radius 3 is 1.34 bits per heavy atom. The van der Waals surface area contributed by atoms with Crippen LogP contribution in [-0.4, -0.2) is 92.1 Å². The van der Waals surface area contributed by atoms with Gasteiger partial charge in [0.1, 0.15) is 39.9 Å². The van der Waals surface area contributed by atoms with Crippen molar-refractivity contribution in [1.29, 1.82) is 0 Å². The zero-order valence-corrected chi connectivity index (χ0v) is 52.7. The number of aromatic amines is 1. The molecule has 3 saturated carbocycles. The number of fused-ring (bicyclic) bond motifs is 3. The van der Waals surface area contributed by atoms with Gasteiger partial charge in [0.05, 0.1) is 72.8 Å². The zero-order valence-electron chi connectivity index (χ0n) is 52.0. The summed E-state index contributed by atoms with van der Waals surface area (Å²) in [5.74, 6) is 4.88. The van der Waals surface area contributed by atoms with E-state index < -0.39 is 16.2 Å². The molecule has 0 saturated heterocycles. The molecule has 3 amide bonds. The number of ether oxygens (including phenoxy) is 5. The van der Waals surface area contributed by atoms with E-state index in [0.717, 1.165) is 126 Å². The van der Waals surface area contributed by atoms with Crippen molar-refractivity contribution in [1.82, 2.24) is 29.9 Å². The van der Waals surface area contributed by atoms with E-state index >= 15 is 0 Å². The van der Waals surface area contributed by atoms with Crippen LogP contribution < -0.4 is 50.4 Å².